The maximum atomic E-state index is 9.55. The van der Waals surface area contributed by atoms with Gasteiger partial charge in [-0.25, -0.2) is 4.98 Å². The normalized spacial score (nSPS) is 11.0. The minimum atomic E-state index is 0.503. The quantitative estimate of drug-likeness (QED) is 0.616. The summed E-state index contributed by atoms with van der Waals surface area (Å²) in [6, 6.07) is 17.5. The molecule has 0 bridgehead atoms. The van der Waals surface area contributed by atoms with E-state index < -0.39 is 0 Å². The van der Waals surface area contributed by atoms with E-state index in [0.717, 1.165) is 28.3 Å². The number of thiazole rings is 1. The summed E-state index contributed by atoms with van der Waals surface area (Å²) in [5.41, 5.74) is 3.12. The number of nitriles is 1. The number of hydrogen-bond donors (Lipinski definition) is 0. The highest BCUT2D eigenvalue weighted by molar-refractivity contribution is 7.11. The summed E-state index contributed by atoms with van der Waals surface area (Å²) in [6.07, 6.45) is 1.80. The van der Waals surface area contributed by atoms with Gasteiger partial charge in [0, 0.05) is 16.5 Å². The van der Waals surface area contributed by atoms with E-state index in [1.165, 1.54) is 11.3 Å². The number of nitrogens with zero attached hydrogens (tertiary/aromatic N) is 2. The minimum absolute atomic E-state index is 0.503. The van der Waals surface area contributed by atoms with E-state index in [1.807, 2.05) is 53.9 Å². The van der Waals surface area contributed by atoms with Crippen molar-refractivity contribution in [1.82, 2.24) is 4.98 Å². The first kappa shape index (κ1) is 16.7. The van der Waals surface area contributed by atoms with Gasteiger partial charge >= 0.3 is 0 Å². The second-order valence-electron chi connectivity index (χ2n) is 5.18. The molecule has 0 saturated heterocycles. The van der Waals surface area contributed by atoms with Crippen molar-refractivity contribution in [3.05, 3.63) is 64.5 Å². The van der Waals surface area contributed by atoms with Crippen LogP contribution in [0.15, 0.2) is 53.9 Å². The van der Waals surface area contributed by atoms with Crippen LogP contribution in [0.5, 0.6) is 11.5 Å². The lowest BCUT2D eigenvalue weighted by Crippen LogP contribution is -1.88. The Morgan fingerprint density at radius 1 is 1.12 bits per heavy atom. The Hall–Kier alpha value is -3.10. The Kier molecular flexibility index (Phi) is 5.12. The molecule has 0 amide bonds. The van der Waals surface area contributed by atoms with Crippen molar-refractivity contribution in [3.8, 4) is 28.8 Å². The Morgan fingerprint density at radius 3 is 2.72 bits per heavy atom. The maximum absolute atomic E-state index is 9.55. The molecule has 0 radical (unpaired) electrons. The SMILES string of the molecule is COc1cccc(-c2csc(/C(C#N)=C\c3ccccc3OC)n2)c1. The van der Waals surface area contributed by atoms with Crippen molar-refractivity contribution in [1.29, 1.82) is 5.26 Å². The van der Waals surface area contributed by atoms with Gasteiger partial charge < -0.3 is 9.47 Å². The highest BCUT2D eigenvalue weighted by Crippen LogP contribution is 2.30. The summed E-state index contributed by atoms with van der Waals surface area (Å²) in [6.45, 7) is 0. The standard InChI is InChI=1S/C20H16N2O2S/c1-23-17-8-5-7-14(11-17)18-13-25-20(22-18)16(12-21)10-15-6-3-4-9-19(15)24-2/h3-11,13H,1-2H3/b16-10-. The van der Waals surface area contributed by atoms with Gasteiger partial charge in [-0.05, 0) is 24.3 Å². The van der Waals surface area contributed by atoms with Gasteiger partial charge in [0.05, 0.1) is 25.5 Å². The average Bonchev–Trinajstić information content (AvgIpc) is 3.16. The van der Waals surface area contributed by atoms with Crippen LogP contribution < -0.4 is 9.47 Å². The molecule has 0 aliphatic heterocycles. The van der Waals surface area contributed by atoms with Crippen molar-refractivity contribution in [2.24, 2.45) is 0 Å². The maximum Gasteiger partial charge on any atom is 0.134 e. The molecule has 0 aliphatic carbocycles. The number of aromatic nitrogens is 1. The average molecular weight is 348 g/mol. The number of hydrogen-bond acceptors (Lipinski definition) is 5. The van der Waals surface area contributed by atoms with Crippen molar-refractivity contribution >= 4 is 23.0 Å². The number of benzene rings is 2. The molecule has 1 heterocycles. The Balaban J connectivity index is 1.97. The van der Waals surface area contributed by atoms with Crippen molar-refractivity contribution in [2.75, 3.05) is 14.2 Å². The minimum Gasteiger partial charge on any atom is -0.497 e. The second-order valence-corrected chi connectivity index (χ2v) is 6.04. The van der Waals surface area contributed by atoms with E-state index in [4.69, 9.17) is 9.47 Å². The lowest BCUT2D eigenvalue weighted by atomic mass is 10.1. The Labute approximate surface area is 150 Å². The Bertz CT molecular complexity index is 954. The van der Waals surface area contributed by atoms with Crippen molar-refractivity contribution in [2.45, 2.75) is 0 Å². The molecule has 5 heteroatoms. The number of allylic oxidation sites excluding steroid dienone is 1. The fourth-order valence-corrected chi connectivity index (χ4v) is 3.19. The summed E-state index contributed by atoms with van der Waals surface area (Å²) in [5.74, 6) is 1.50. The van der Waals surface area contributed by atoms with E-state index >= 15 is 0 Å². The van der Waals surface area contributed by atoms with E-state index in [1.54, 1.807) is 20.3 Å². The van der Waals surface area contributed by atoms with Gasteiger partial charge in [0.2, 0.25) is 0 Å². The van der Waals surface area contributed by atoms with Crippen molar-refractivity contribution < 1.29 is 9.47 Å². The highest BCUT2D eigenvalue weighted by atomic mass is 32.1. The lowest BCUT2D eigenvalue weighted by molar-refractivity contribution is 0.414. The molecule has 0 N–H and O–H groups in total. The van der Waals surface area contributed by atoms with Gasteiger partial charge in [0.1, 0.15) is 22.6 Å². The molecule has 0 unspecified atom stereocenters. The van der Waals surface area contributed by atoms with Crippen LogP contribution in [0.2, 0.25) is 0 Å². The molecule has 1 aromatic heterocycles. The van der Waals surface area contributed by atoms with E-state index in [0.29, 0.717) is 10.6 Å². The third-order valence-corrected chi connectivity index (χ3v) is 4.53. The van der Waals surface area contributed by atoms with E-state index in [2.05, 4.69) is 11.1 Å². The predicted octanol–water partition coefficient (Wildman–Crippen LogP) is 4.89. The predicted molar refractivity (Wildman–Crippen MR) is 101 cm³/mol. The number of rotatable bonds is 5. The largest absolute Gasteiger partial charge is 0.497 e. The zero-order valence-corrected chi connectivity index (χ0v) is 14.7. The van der Waals surface area contributed by atoms with Crippen LogP contribution >= 0.6 is 11.3 Å². The monoisotopic (exact) mass is 348 g/mol. The molecule has 124 valence electrons. The van der Waals surface area contributed by atoms with Crippen LogP contribution in [0.1, 0.15) is 10.6 Å². The summed E-state index contributed by atoms with van der Waals surface area (Å²) in [7, 11) is 3.25. The molecule has 3 aromatic rings. The summed E-state index contributed by atoms with van der Waals surface area (Å²) < 4.78 is 10.6. The zero-order chi connectivity index (χ0) is 17.6. The fraction of sp³-hybridized carbons (Fsp3) is 0.100. The zero-order valence-electron chi connectivity index (χ0n) is 13.9. The highest BCUT2D eigenvalue weighted by Gasteiger charge is 2.11. The Morgan fingerprint density at radius 2 is 1.96 bits per heavy atom. The first-order valence-corrected chi connectivity index (χ1v) is 8.48. The van der Waals surface area contributed by atoms with Crippen molar-refractivity contribution in [3.63, 3.8) is 0 Å². The van der Waals surface area contributed by atoms with Crippen LogP contribution in [0, 0.1) is 11.3 Å². The van der Waals surface area contributed by atoms with E-state index in [-0.39, 0.29) is 0 Å². The molecular weight excluding hydrogens is 332 g/mol. The second kappa shape index (κ2) is 7.65. The van der Waals surface area contributed by atoms with Gasteiger partial charge in [-0.15, -0.1) is 11.3 Å². The molecule has 2 aromatic carbocycles. The third-order valence-electron chi connectivity index (χ3n) is 3.66. The topological polar surface area (TPSA) is 55.1 Å². The van der Waals surface area contributed by atoms with Crippen LogP contribution in [0.4, 0.5) is 0 Å². The van der Waals surface area contributed by atoms with Crippen LogP contribution in [-0.2, 0) is 0 Å². The van der Waals surface area contributed by atoms with Crippen LogP contribution in [0.3, 0.4) is 0 Å². The lowest BCUT2D eigenvalue weighted by Gasteiger charge is -2.04. The van der Waals surface area contributed by atoms with Gasteiger partial charge in [-0.2, -0.15) is 5.26 Å². The third kappa shape index (κ3) is 3.70. The smallest absolute Gasteiger partial charge is 0.134 e. The molecule has 0 fully saturated rings. The fourth-order valence-electron chi connectivity index (χ4n) is 2.40. The molecule has 3 rings (SSSR count). The van der Waals surface area contributed by atoms with Gasteiger partial charge in [0.25, 0.3) is 0 Å². The van der Waals surface area contributed by atoms with Gasteiger partial charge in [-0.1, -0.05) is 30.3 Å². The molecule has 0 aliphatic rings. The summed E-state index contributed by atoms with van der Waals surface area (Å²) in [4.78, 5) is 4.61. The summed E-state index contributed by atoms with van der Waals surface area (Å²) in [5, 5.41) is 12.2. The molecule has 25 heavy (non-hydrogen) atoms. The molecule has 0 saturated carbocycles. The summed E-state index contributed by atoms with van der Waals surface area (Å²) >= 11 is 1.44. The number of methoxy groups -OCH3 is 2. The molecular formula is C20H16N2O2S. The number of para-hydroxylation sites is 1. The first-order chi connectivity index (χ1) is 12.2. The van der Waals surface area contributed by atoms with Crippen LogP contribution in [0.25, 0.3) is 22.9 Å². The van der Waals surface area contributed by atoms with Gasteiger partial charge in [0.15, 0.2) is 0 Å². The van der Waals surface area contributed by atoms with E-state index in [9.17, 15) is 5.26 Å². The first-order valence-electron chi connectivity index (χ1n) is 7.60. The molecule has 4 nitrogen and oxygen atoms in total. The van der Waals surface area contributed by atoms with Gasteiger partial charge in [-0.3, -0.25) is 0 Å². The van der Waals surface area contributed by atoms with Crippen LogP contribution in [-0.4, -0.2) is 19.2 Å². The molecule has 0 atom stereocenters. The number of ether oxygens (including phenoxy) is 2. The molecule has 0 spiro atoms.